The van der Waals surface area contributed by atoms with Crippen LogP contribution in [0, 0.1) is 0 Å². The molecule has 0 radical (unpaired) electrons. The summed E-state index contributed by atoms with van der Waals surface area (Å²) < 4.78 is 54.0. The molecule has 0 heterocycles. The molecule has 0 aliphatic heterocycles. The van der Waals surface area contributed by atoms with Gasteiger partial charge in [0.2, 0.25) is 0 Å². The molecule has 12 heteroatoms. The van der Waals surface area contributed by atoms with Crippen LogP contribution < -0.4 is 10.1 Å². The largest absolute Gasteiger partial charge is 0.492 e. The van der Waals surface area contributed by atoms with Crippen LogP contribution in [0.15, 0.2) is 53.0 Å². The molecule has 0 aliphatic carbocycles. The maximum atomic E-state index is 12.8. The maximum Gasteiger partial charge on any atom is 0.389 e. The molecule has 2 rings (SSSR count). The highest BCUT2D eigenvalue weighted by molar-refractivity contribution is 9.10. The molecule has 8 nitrogen and oxygen atoms in total. The summed E-state index contributed by atoms with van der Waals surface area (Å²) in [5.41, 5.74) is 1.36. The van der Waals surface area contributed by atoms with Crippen LogP contribution >= 0.6 is 15.9 Å². The van der Waals surface area contributed by atoms with Crippen molar-refractivity contribution in [3.05, 3.63) is 58.6 Å². The van der Waals surface area contributed by atoms with E-state index in [-0.39, 0.29) is 45.8 Å². The zero-order valence-corrected chi connectivity index (χ0v) is 22.6. The number of ether oxygens (including phenoxy) is 3. The maximum absolute atomic E-state index is 12.8. The molecule has 2 aromatic carbocycles. The van der Waals surface area contributed by atoms with Crippen LogP contribution in [0.5, 0.6) is 5.75 Å². The number of halogens is 4. The zero-order chi connectivity index (χ0) is 28.0. The first-order valence-corrected chi connectivity index (χ1v) is 12.9. The SMILES string of the molecule is CCOC(Cc1ccc(OCCN(CCOCCCC(F)(F)F)C(=O)Nc2ccc(Br)cc2)cc1)C(=O)O. The molecular weight excluding hydrogens is 573 g/mol. The standard InChI is InChI=1S/C26H32BrF3N2O6/c1-2-37-23(24(33)34)18-19-4-10-22(11-5-19)38-17-14-32(13-16-36-15-3-12-26(28,29)30)25(35)31-21-8-6-20(27)7-9-21/h4-11,23H,2-3,12-18H2,1H3,(H,31,35)(H,33,34). The van der Waals surface area contributed by atoms with Crippen molar-refractivity contribution in [2.75, 3.05) is 44.8 Å². The fourth-order valence-corrected chi connectivity index (χ4v) is 3.59. The third-order valence-corrected chi connectivity index (χ3v) is 5.78. The van der Waals surface area contributed by atoms with Crippen molar-refractivity contribution < 1.29 is 42.1 Å². The van der Waals surface area contributed by atoms with Crippen LogP contribution in [-0.2, 0) is 20.7 Å². The summed E-state index contributed by atoms with van der Waals surface area (Å²) in [6.07, 6.45) is -6.01. The lowest BCUT2D eigenvalue weighted by molar-refractivity contribution is -0.150. The normalized spacial score (nSPS) is 12.1. The van der Waals surface area contributed by atoms with Gasteiger partial charge in [-0.15, -0.1) is 0 Å². The van der Waals surface area contributed by atoms with Crippen molar-refractivity contribution in [1.29, 1.82) is 0 Å². The fraction of sp³-hybridized carbons (Fsp3) is 0.462. The van der Waals surface area contributed by atoms with Gasteiger partial charge in [0.15, 0.2) is 6.10 Å². The van der Waals surface area contributed by atoms with Crippen LogP contribution in [0.1, 0.15) is 25.3 Å². The number of hydrogen-bond acceptors (Lipinski definition) is 5. The van der Waals surface area contributed by atoms with Gasteiger partial charge in [-0.1, -0.05) is 28.1 Å². The summed E-state index contributed by atoms with van der Waals surface area (Å²) in [6, 6.07) is 13.5. The molecule has 2 amide bonds. The van der Waals surface area contributed by atoms with Crippen molar-refractivity contribution in [3.63, 3.8) is 0 Å². The van der Waals surface area contributed by atoms with E-state index in [0.29, 0.717) is 18.0 Å². The molecule has 210 valence electrons. The molecule has 1 unspecified atom stereocenters. The highest BCUT2D eigenvalue weighted by atomic mass is 79.9. The van der Waals surface area contributed by atoms with Gasteiger partial charge in [-0.3, -0.25) is 0 Å². The average molecular weight is 605 g/mol. The van der Waals surface area contributed by atoms with E-state index >= 15 is 0 Å². The highest BCUT2D eigenvalue weighted by Gasteiger charge is 2.26. The van der Waals surface area contributed by atoms with Crippen LogP contribution in [0.3, 0.4) is 0 Å². The number of nitrogens with zero attached hydrogens (tertiary/aromatic N) is 1. The second kappa shape index (κ2) is 16.2. The second-order valence-electron chi connectivity index (χ2n) is 8.23. The summed E-state index contributed by atoms with van der Waals surface area (Å²) in [6.45, 7) is 2.55. The molecule has 0 spiro atoms. The van der Waals surface area contributed by atoms with Crippen molar-refractivity contribution in [1.82, 2.24) is 4.90 Å². The number of alkyl halides is 3. The number of anilines is 1. The lowest BCUT2D eigenvalue weighted by Crippen LogP contribution is -2.40. The van der Waals surface area contributed by atoms with Crippen molar-refractivity contribution in [2.24, 2.45) is 0 Å². The van der Waals surface area contributed by atoms with E-state index in [0.717, 1.165) is 10.0 Å². The van der Waals surface area contributed by atoms with Crippen LogP contribution in [0.2, 0.25) is 0 Å². The first-order chi connectivity index (χ1) is 18.1. The molecule has 0 aromatic heterocycles. The molecular formula is C26H32BrF3N2O6. The van der Waals surface area contributed by atoms with Gasteiger partial charge in [-0.25, -0.2) is 9.59 Å². The van der Waals surface area contributed by atoms with E-state index in [1.807, 2.05) is 0 Å². The van der Waals surface area contributed by atoms with Gasteiger partial charge in [0.25, 0.3) is 0 Å². The number of benzene rings is 2. The number of carboxylic acids is 1. The minimum atomic E-state index is -4.23. The Morgan fingerprint density at radius 3 is 2.29 bits per heavy atom. The topological polar surface area (TPSA) is 97.3 Å². The molecule has 0 fully saturated rings. The monoisotopic (exact) mass is 604 g/mol. The van der Waals surface area contributed by atoms with Gasteiger partial charge >= 0.3 is 18.2 Å². The Morgan fingerprint density at radius 2 is 1.68 bits per heavy atom. The predicted molar refractivity (Wildman–Crippen MR) is 140 cm³/mol. The quantitative estimate of drug-likeness (QED) is 0.237. The fourth-order valence-electron chi connectivity index (χ4n) is 3.33. The third-order valence-electron chi connectivity index (χ3n) is 5.25. The van der Waals surface area contributed by atoms with Gasteiger partial charge in [0.1, 0.15) is 12.4 Å². The molecule has 1 atom stereocenters. The van der Waals surface area contributed by atoms with E-state index in [4.69, 9.17) is 14.2 Å². The highest BCUT2D eigenvalue weighted by Crippen LogP contribution is 2.21. The summed E-state index contributed by atoms with van der Waals surface area (Å²) in [5, 5.41) is 12.0. The van der Waals surface area contributed by atoms with Gasteiger partial charge in [0, 0.05) is 42.8 Å². The number of hydrogen-bond donors (Lipinski definition) is 2. The van der Waals surface area contributed by atoms with E-state index in [1.54, 1.807) is 55.5 Å². The van der Waals surface area contributed by atoms with Crippen LogP contribution in [0.25, 0.3) is 0 Å². The van der Waals surface area contributed by atoms with Crippen molar-refractivity contribution in [2.45, 2.75) is 38.5 Å². The van der Waals surface area contributed by atoms with E-state index in [2.05, 4.69) is 21.2 Å². The van der Waals surface area contributed by atoms with Crippen molar-refractivity contribution >= 4 is 33.6 Å². The predicted octanol–water partition coefficient (Wildman–Crippen LogP) is 5.75. The molecule has 2 N–H and O–H groups in total. The third kappa shape index (κ3) is 12.6. The number of urea groups is 1. The van der Waals surface area contributed by atoms with Gasteiger partial charge in [-0.05, 0) is 55.3 Å². The second-order valence-corrected chi connectivity index (χ2v) is 9.15. The van der Waals surface area contributed by atoms with Gasteiger partial charge in [-0.2, -0.15) is 13.2 Å². The van der Waals surface area contributed by atoms with Gasteiger partial charge in [0.05, 0.1) is 13.2 Å². The smallest absolute Gasteiger partial charge is 0.389 e. The molecule has 0 bridgehead atoms. The Labute approximate surface area is 228 Å². The van der Waals surface area contributed by atoms with E-state index in [9.17, 15) is 27.9 Å². The lowest BCUT2D eigenvalue weighted by atomic mass is 10.1. The van der Waals surface area contributed by atoms with Crippen LogP contribution in [-0.4, -0.2) is 73.8 Å². The average Bonchev–Trinajstić information content (AvgIpc) is 2.86. The number of carboxylic acid groups (broad SMARTS) is 1. The Kier molecular flexibility index (Phi) is 13.4. The van der Waals surface area contributed by atoms with Crippen LogP contribution in [0.4, 0.5) is 23.7 Å². The zero-order valence-electron chi connectivity index (χ0n) is 21.0. The minimum absolute atomic E-state index is 0.0590. The minimum Gasteiger partial charge on any atom is -0.492 e. The summed E-state index contributed by atoms with van der Waals surface area (Å²) >= 11 is 3.33. The molecule has 2 aromatic rings. The van der Waals surface area contributed by atoms with E-state index in [1.165, 1.54) is 4.90 Å². The van der Waals surface area contributed by atoms with Gasteiger partial charge < -0.3 is 29.5 Å². The molecule has 38 heavy (non-hydrogen) atoms. The Hall–Kier alpha value is -2.83. The number of aliphatic carboxylic acids is 1. The Balaban J connectivity index is 1.89. The Morgan fingerprint density at radius 1 is 1.03 bits per heavy atom. The lowest BCUT2D eigenvalue weighted by Gasteiger charge is -2.23. The summed E-state index contributed by atoms with van der Waals surface area (Å²) in [7, 11) is 0. The summed E-state index contributed by atoms with van der Waals surface area (Å²) in [4.78, 5) is 25.6. The molecule has 0 saturated carbocycles. The summed E-state index contributed by atoms with van der Waals surface area (Å²) in [5.74, 6) is -0.494. The number of nitrogens with one attached hydrogen (secondary N) is 1. The molecule has 0 saturated heterocycles. The number of carbonyl (C=O) groups is 2. The first kappa shape index (κ1) is 31.4. The Bertz CT molecular complexity index is 990. The number of amides is 2. The number of rotatable bonds is 16. The number of carbonyl (C=O) groups excluding carboxylic acids is 1. The molecule has 0 aliphatic rings. The first-order valence-electron chi connectivity index (χ1n) is 12.1. The van der Waals surface area contributed by atoms with E-state index < -0.39 is 30.7 Å². The van der Waals surface area contributed by atoms with Crippen molar-refractivity contribution in [3.8, 4) is 5.75 Å².